The van der Waals surface area contributed by atoms with E-state index in [1.165, 1.54) is 0 Å². The maximum Gasteiger partial charge on any atom is 0.222 e. The van der Waals surface area contributed by atoms with Crippen LogP contribution in [0.25, 0.3) is 0 Å². The van der Waals surface area contributed by atoms with Gasteiger partial charge in [0.25, 0.3) is 0 Å². The Morgan fingerprint density at radius 3 is 2.82 bits per heavy atom. The molecule has 98 valence electrons. The van der Waals surface area contributed by atoms with Crippen molar-refractivity contribution in [3.63, 3.8) is 0 Å². The van der Waals surface area contributed by atoms with Crippen LogP contribution < -0.4 is 5.73 Å². The number of rotatable bonds is 4. The average Bonchev–Trinajstić information content (AvgIpc) is 2.89. The second-order valence-corrected chi connectivity index (χ2v) is 5.58. The summed E-state index contributed by atoms with van der Waals surface area (Å²) < 4.78 is 0. The fourth-order valence-electron chi connectivity index (χ4n) is 3.21. The van der Waals surface area contributed by atoms with E-state index in [0.717, 1.165) is 32.4 Å². The SMILES string of the molecule is CCC(CN)CC(=O)N1CC2CCC(O)C2C1. The molecule has 0 aromatic carbocycles. The van der Waals surface area contributed by atoms with Gasteiger partial charge in [0.1, 0.15) is 0 Å². The minimum atomic E-state index is -0.186. The Kier molecular flexibility index (Phi) is 4.05. The predicted octanol–water partition coefficient (Wildman–Crippen LogP) is 0.591. The molecule has 1 amide bonds. The highest BCUT2D eigenvalue weighted by atomic mass is 16.3. The van der Waals surface area contributed by atoms with E-state index in [4.69, 9.17) is 5.73 Å². The van der Waals surface area contributed by atoms with Crippen LogP contribution in [0.3, 0.4) is 0 Å². The number of fused-ring (bicyclic) bond motifs is 1. The van der Waals surface area contributed by atoms with Crippen molar-refractivity contribution in [1.82, 2.24) is 4.90 Å². The molecular formula is C13H24N2O2. The Bertz CT molecular complexity index is 279. The highest BCUT2D eigenvalue weighted by Gasteiger charge is 2.43. The number of aliphatic hydroxyl groups is 1. The molecule has 0 spiro atoms. The van der Waals surface area contributed by atoms with Gasteiger partial charge in [0, 0.05) is 25.4 Å². The average molecular weight is 240 g/mol. The number of aliphatic hydroxyl groups excluding tert-OH is 1. The van der Waals surface area contributed by atoms with Gasteiger partial charge >= 0.3 is 0 Å². The zero-order valence-corrected chi connectivity index (χ0v) is 10.6. The monoisotopic (exact) mass is 240 g/mol. The van der Waals surface area contributed by atoms with Crippen molar-refractivity contribution < 1.29 is 9.90 Å². The number of amides is 1. The first kappa shape index (κ1) is 12.8. The van der Waals surface area contributed by atoms with Crippen LogP contribution in [0.1, 0.15) is 32.6 Å². The predicted molar refractivity (Wildman–Crippen MR) is 66.3 cm³/mol. The summed E-state index contributed by atoms with van der Waals surface area (Å²) in [5.41, 5.74) is 5.63. The molecule has 1 aliphatic carbocycles. The summed E-state index contributed by atoms with van der Waals surface area (Å²) >= 11 is 0. The molecule has 1 saturated heterocycles. The van der Waals surface area contributed by atoms with Crippen LogP contribution in [0, 0.1) is 17.8 Å². The summed E-state index contributed by atoms with van der Waals surface area (Å²) in [6.07, 6.45) is 3.34. The largest absolute Gasteiger partial charge is 0.393 e. The van der Waals surface area contributed by atoms with E-state index in [-0.39, 0.29) is 12.0 Å². The summed E-state index contributed by atoms with van der Waals surface area (Å²) in [5.74, 6) is 1.40. The van der Waals surface area contributed by atoms with Crippen molar-refractivity contribution in [2.75, 3.05) is 19.6 Å². The van der Waals surface area contributed by atoms with Gasteiger partial charge in [0.2, 0.25) is 5.91 Å². The van der Waals surface area contributed by atoms with E-state index >= 15 is 0 Å². The molecule has 1 aliphatic heterocycles. The molecule has 2 fully saturated rings. The van der Waals surface area contributed by atoms with E-state index in [0.29, 0.717) is 30.7 Å². The second kappa shape index (κ2) is 5.36. The molecular weight excluding hydrogens is 216 g/mol. The van der Waals surface area contributed by atoms with E-state index in [1.807, 2.05) is 4.90 Å². The van der Waals surface area contributed by atoms with Gasteiger partial charge in [-0.2, -0.15) is 0 Å². The first-order valence-electron chi connectivity index (χ1n) is 6.81. The molecule has 4 atom stereocenters. The van der Waals surface area contributed by atoms with Gasteiger partial charge in [0.05, 0.1) is 6.10 Å². The molecule has 2 rings (SSSR count). The molecule has 0 aromatic heterocycles. The highest BCUT2D eigenvalue weighted by Crippen LogP contribution is 2.38. The second-order valence-electron chi connectivity index (χ2n) is 5.58. The lowest BCUT2D eigenvalue weighted by atomic mass is 10.00. The molecule has 0 aromatic rings. The van der Waals surface area contributed by atoms with Crippen LogP contribution >= 0.6 is 0 Å². The molecule has 3 N–H and O–H groups in total. The van der Waals surface area contributed by atoms with Gasteiger partial charge in [-0.05, 0) is 31.2 Å². The van der Waals surface area contributed by atoms with Crippen LogP contribution in [0.2, 0.25) is 0 Å². The van der Waals surface area contributed by atoms with Crippen LogP contribution in [0.4, 0.5) is 0 Å². The molecule has 1 heterocycles. The maximum absolute atomic E-state index is 12.1. The van der Waals surface area contributed by atoms with E-state index in [1.54, 1.807) is 0 Å². The Balaban J connectivity index is 1.86. The lowest BCUT2D eigenvalue weighted by molar-refractivity contribution is -0.131. The molecule has 4 heteroatoms. The Hall–Kier alpha value is -0.610. The van der Waals surface area contributed by atoms with Crippen LogP contribution in [-0.2, 0) is 4.79 Å². The molecule has 0 bridgehead atoms. The van der Waals surface area contributed by atoms with E-state index in [9.17, 15) is 9.90 Å². The van der Waals surface area contributed by atoms with E-state index < -0.39 is 0 Å². The summed E-state index contributed by atoms with van der Waals surface area (Å²) in [6.45, 7) is 4.27. The standard InChI is InChI=1S/C13H24N2O2/c1-2-9(6-14)5-13(17)15-7-10-3-4-12(16)11(10)8-15/h9-12,16H,2-8,14H2,1H3. The number of nitrogens with two attached hydrogens (primary N) is 1. The van der Waals surface area contributed by atoms with Crippen molar-refractivity contribution in [2.24, 2.45) is 23.5 Å². The fourth-order valence-corrected chi connectivity index (χ4v) is 3.21. The minimum absolute atomic E-state index is 0.186. The smallest absolute Gasteiger partial charge is 0.222 e. The van der Waals surface area contributed by atoms with Crippen molar-refractivity contribution in [3.8, 4) is 0 Å². The Morgan fingerprint density at radius 1 is 1.47 bits per heavy atom. The van der Waals surface area contributed by atoms with Gasteiger partial charge in [-0.15, -0.1) is 0 Å². The molecule has 17 heavy (non-hydrogen) atoms. The minimum Gasteiger partial charge on any atom is -0.393 e. The normalized spacial score (nSPS) is 33.8. The Morgan fingerprint density at radius 2 is 2.24 bits per heavy atom. The molecule has 2 aliphatic rings. The van der Waals surface area contributed by atoms with Gasteiger partial charge in [-0.25, -0.2) is 0 Å². The van der Waals surface area contributed by atoms with Crippen molar-refractivity contribution in [2.45, 2.75) is 38.7 Å². The lowest BCUT2D eigenvalue weighted by Gasteiger charge is -2.21. The van der Waals surface area contributed by atoms with Crippen LogP contribution in [-0.4, -0.2) is 41.7 Å². The van der Waals surface area contributed by atoms with Gasteiger partial charge in [-0.3, -0.25) is 4.79 Å². The topological polar surface area (TPSA) is 66.6 Å². The fraction of sp³-hybridized carbons (Fsp3) is 0.923. The highest BCUT2D eigenvalue weighted by molar-refractivity contribution is 5.76. The number of hydrogen-bond donors (Lipinski definition) is 2. The van der Waals surface area contributed by atoms with Crippen LogP contribution in [0.15, 0.2) is 0 Å². The third kappa shape index (κ3) is 2.63. The summed E-state index contributed by atoms with van der Waals surface area (Å²) in [6, 6.07) is 0. The summed E-state index contributed by atoms with van der Waals surface area (Å²) in [7, 11) is 0. The third-order valence-corrected chi connectivity index (χ3v) is 4.55. The summed E-state index contributed by atoms with van der Waals surface area (Å²) in [4.78, 5) is 14.0. The number of carbonyl (C=O) groups is 1. The quantitative estimate of drug-likeness (QED) is 0.756. The molecule has 4 unspecified atom stereocenters. The Labute approximate surface area is 103 Å². The van der Waals surface area contributed by atoms with Crippen molar-refractivity contribution >= 4 is 5.91 Å². The number of carbonyl (C=O) groups excluding carboxylic acids is 1. The molecule has 4 nitrogen and oxygen atoms in total. The summed E-state index contributed by atoms with van der Waals surface area (Å²) in [5, 5.41) is 9.82. The maximum atomic E-state index is 12.1. The first-order valence-corrected chi connectivity index (χ1v) is 6.81. The number of nitrogens with zero attached hydrogens (tertiary/aromatic N) is 1. The lowest BCUT2D eigenvalue weighted by Crippen LogP contribution is -2.33. The first-order chi connectivity index (χ1) is 8.15. The number of likely N-dealkylation sites (tertiary alicyclic amines) is 1. The van der Waals surface area contributed by atoms with Gasteiger partial charge in [0.15, 0.2) is 0 Å². The van der Waals surface area contributed by atoms with E-state index in [2.05, 4.69) is 6.92 Å². The van der Waals surface area contributed by atoms with Crippen LogP contribution in [0.5, 0.6) is 0 Å². The van der Waals surface area contributed by atoms with Gasteiger partial charge in [-0.1, -0.05) is 13.3 Å². The number of hydrogen-bond acceptors (Lipinski definition) is 3. The van der Waals surface area contributed by atoms with Crippen molar-refractivity contribution in [3.05, 3.63) is 0 Å². The third-order valence-electron chi connectivity index (χ3n) is 4.55. The van der Waals surface area contributed by atoms with Gasteiger partial charge < -0.3 is 15.7 Å². The van der Waals surface area contributed by atoms with Crippen molar-refractivity contribution in [1.29, 1.82) is 0 Å². The zero-order valence-electron chi connectivity index (χ0n) is 10.6. The molecule has 1 saturated carbocycles. The molecule has 0 radical (unpaired) electrons. The zero-order chi connectivity index (χ0) is 12.4.